The van der Waals surface area contributed by atoms with Gasteiger partial charge in [0.25, 0.3) is 0 Å². The number of allylic oxidation sites excluding steroid dienone is 4. The van der Waals surface area contributed by atoms with Gasteiger partial charge in [-0.1, -0.05) is 54.1 Å². The second kappa shape index (κ2) is 12.0. The van der Waals surface area contributed by atoms with Crippen molar-refractivity contribution in [3.63, 3.8) is 0 Å². The molecule has 0 saturated heterocycles. The van der Waals surface area contributed by atoms with E-state index in [2.05, 4.69) is 6.07 Å². The number of carbonyl (C=O) groups is 1. The van der Waals surface area contributed by atoms with Crippen molar-refractivity contribution in [1.82, 2.24) is 0 Å². The van der Waals surface area contributed by atoms with Crippen molar-refractivity contribution >= 4 is 17.9 Å². The summed E-state index contributed by atoms with van der Waals surface area (Å²) in [6, 6.07) is 19.1. The van der Waals surface area contributed by atoms with Crippen LogP contribution in [0, 0.1) is 18.3 Å². The summed E-state index contributed by atoms with van der Waals surface area (Å²) in [6.07, 6.45) is 6.25. The van der Waals surface area contributed by atoms with Crippen LogP contribution >= 0.6 is 0 Å². The van der Waals surface area contributed by atoms with Crippen molar-refractivity contribution in [3.05, 3.63) is 118 Å². The van der Waals surface area contributed by atoms with Gasteiger partial charge in [-0.05, 0) is 60.0 Å². The van der Waals surface area contributed by atoms with Gasteiger partial charge in [0.2, 0.25) is 5.88 Å². The van der Waals surface area contributed by atoms with E-state index in [1.165, 1.54) is 32.4 Å². The van der Waals surface area contributed by atoms with E-state index in [1.807, 2.05) is 31.2 Å². The minimum Gasteiger partial charge on any atom is -0.504 e. The molecule has 0 aliphatic carbocycles. The van der Waals surface area contributed by atoms with Crippen molar-refractivity contribution in [2.24, 2.45) is 5.73 Å². The molecule has 4 N–H and O–H groups in total. The van der Waals surface area contributed by atoms with E-state index in [0.717, 1.165) is 5.56 Å². The maximum atomic E-state index is 13.8. The van der Waals surface area contributed by atoms with Crippen molar-refractivity contribution in [2.45, 2.75) is 12.8 Å². The Labute approximate surface area is 232 Å². The molecule has 4 rings (SSSR count). The summed E-state index contributed by atoms with van der Waals surface area (Å²) < 4.78 is 16.2. The van der Waals surface area contributed by atoms with Gasteiger partial charge in [-0.25, -0.2) is 0 Å². The molecule has 1 atom stereocenters. The van der Waals surface area contributed by atoms with E-state index >= 15 is 0 Å². The third-order valence-corrected chi connectivity index (χ3v) is 6.39. The average molecular weight is 537 g/mol. The molecule has 0 amide bonds. The second-order valence-electron chi connectivity index (χ2n) is 9.01. The summed E-state index contributed by atoms with van der Waals surface area (Å²) in [4.78, 5) is 13.8. The molecule has 3 aromatic carbocycles. The molecular formula is C32H28N2O6. The highest BCUT2D eigenvalue weighted by Gasteiger charge is 2.35. The van der Waals surface area contributed by atoms with Crippen molar-refractivity contribution in [3.8, 4) is 29.1 Å². The fraction of sp³-hybridized carbons (Fsp3) is 0.125. The first-order valence-corrected chi connectivity index (χ1v) is 12.3. The lowest BCUT2D eigenvalue weighted by atomic mass is 9.80. The first kappa shape index (κ1) is 27.6. The first-order valence-electron chi connectivity index (χ1n) is 12.3. The number of aryl methyl sites for hydroxylation is 1. The topological polar surface area (TPSA) is 135 Å². The highest BCUT2D eigenvalue weighted by molar-refractivity contribution is 6.09. The molecule has 1 heterocycles. The first-order chi connectivity index (χ1) is 19.2. The van der Waals surface area contributed by atoms with Crippen LogP contribution in [0.4, 0.5) is 0 Å². The molecular weight excluding hydrogens is 508 g/mol. The van der Waals surface area contributed by atoms with Crippen LogP contribution in [-0.4, -0.2) is 30.2 Å². The normalized spacial score (nSPS) is 15.3. The predicted molar refractivity (Wildman–Crippen MR) is 151 cm³/mol. The standard InChI is InChI=1S/C32H28N2O6/c1-19-4-10-22(11-5-19)30-23(18-33)32(34)40-27(15-9-21-7-13-25(36)29(17-21)39-3)31(30)26(37)14-8-20-6-12-24(35)28(16-20)38-2/h4-17,30,35-36H,34H2,1-3H3. The SMILES string of the molecule is COc1cc(C=CC(=O)C2=C(C=Cc3ccc(O)c(OC)c3)OC(N)=C(C#N)C2c2ccc(C)cc2)ccc1O. The van der Waals surface area contributed by atoms with Gasteiger partial charge in [0, 0.05) is 0 Å². The fourth-order valence-electron chi connectivity index (χ4n) is 4.29. The summed E-state index contributed by atoms with van der Waals surface area (Å²) in [5.41, 5.74) is 9.55. The van der Waals surface area contributed by atoms with Crippen LogP contribution < -0.4 is 15.2 Å². The smallest absolute Gasteiger partial charge is 0.205 e. The maximum Gasteiger partial charge on any atom is 0.205 e. The van der Waals surface area contributed by atoms with Crippen LogP contribution in [0.1, 0.15) is 28.2 Å². The number of phenols is 2. The van der Waals surface area contributed by atoms with Crippen molar-refractivity contribution < 1.29 is 29.2 Å². The van der Waals surface area contributed by atoms with Crippen LogP contribution in [0.15, 0.2) is 95.6 Å². The van der Waals surface area contributed by atoms with E-state index in [-0.39, 0.29) is 45.8 Å². The summed E-state index contributed by atoms with van der Waals surface area (Å²) >= 11 is 0. The van der Waals surface area contributed by atoms with Gasteiger partial charge < -0.3 is 30.2 Å². The Bertz CT molecular complexity index is 1610. The third kappa shape index (κ3) is 5.84. The lowest BCUT2D eigenvalue weighted by Gasteiger charge is -2.27. The van der Waals surface area contributed by atoms with E-state index in [4.69, 9.17) is 19.9 Å². The molecule has 3 aromatic rings. The minimum atomic E-state index is -0.778. The Morgan fingerprint density at radius 3 is 2.05 bits per heavy atom. The van der Waals surface area contributed by atoms with Gasteiger partial charge in [0.05, 0.1) is 25.7 Å². The van der Waals surface area contributed by atoms with E-state index in [9.17, 15) is 20.3 Å². The van der Waals surface area contributed by atoms with Crippen molar-refractivity contribution in [2.75, 3.05) is 14.2 Å². The average Bonchev–Trinajstić information content (AvgIpc) is 2.96. The number of aromatic hydroxyl groups is 2. The number of ether oxygens (including phenoxy) is 3. The second-order valence-corrected chi connectivity index (χ2v) is 9.01. The fourth-order valence-corrected chi connectivity index (χ4v) is 4.29. The largest absolute Gasteiger partial charge is 0.504 e. The summed E-state index contributed by atoms with van der Waals surface area (Å²) in [6.45, 7) is 1.94. The molecule has 1 unspecified atom stereocenters. The molecule has 40 heavy (non-hydrogen) atoms. The number of hydrogen-bond donors (Lipinski definition) is 3. The molecule has 202 valence electrons. The predicted octanol–water partition coefficient (Wildman–Crippen LogP) is 5.48. The Morgan fingerprint density at radius 2 is 1.50 bits per heavy atom. The van der Waals surface area contributed by atoms with E-state index in [1.54, 1.807) is 42.5 Å². The molecule has 0 saturated carbocycles. The number of hydrogen-bond acceptors (Lipinski definition) is 8. The molecule has 0 fully saturated rings. The third-order valence-electron chi connectivity index (χ3n) is 6.39. The van der Waals surface area contributed by atoms with Gasteiger partial charge in [-0.15, -0.1) is 0 Å². The van der Waals surface area contributed by atoms with Gasteiger partial charge in [-0.2, -0.15) is 5.26 Å². The number of methoxy groups -OCH3 is 2. The molecule has 8 heteroatoms. The number of phenolic OH excluding ortho intramolecular Hbond substituents is 2. The number of nitrogens with zero attached hydrogens (tertiary/aromatic N) is 1. The highest BCUT2D eigenvalue weighted by atomic mass is 16.5. The maximum absolute atomic E-state index is 13.8. The van der Waals surface area contributed by atoms with Gasteiger partial charge in [0.15, 0.2) is 28.8 Å². The Balaban J connectivity index is 1.84. The van der Waals surface area contributed by atoms with Gasteiger partial charge >= 0.3 is 0 Å². The Kier molecular flexibility index (Phi) is 8.26. The molecule has 0 bridgehead atoms. The summed E-state index contributed by atoms with van der Waals surface area (Å²) in [5, 5.41) is 29.8. The van der Waals surface area contributed by atoms with Crippen LogP contribution in [0.2, 0.25) is 0 Å². The Hall–Kier alpha value is -5.42. The van der Waals surface area contributed by atoms with Crippen LogP contribution in [0.5, 0.6) is 23.0 Å². The summed E-state index contributed by atoms with van der Waals surface area (Å²) in [7, 11) is 2.88. The van der Waals surface area contributed by atoms with E-state index < -0.39 is 11.7 Å². The van der Waals surface area contributed by atoms with Crippen LogP contribution in [0.3, 0.4) is 0 Å². The van der Waals surface area contributed by atoms with Crippen LogP contribution in [0.25, 0.3) is 12.2 Å². The zero-order chi connectivity index (χ0) is 28.8. The molecule has 0 aromatic heterocycles. The van der Waals surface area contributed by atoms with Gasteiger partial charge in [-0.3, -0.25) is 4.79 Å². The van der Waals surface area contributed by atoms with Crippen LogP contribution in [-0.2, 0) is 9.53 Å². The highest BCUT2D eigenvalue weighted by Crippen LogP contribution is 2.40. The molecule has 8 nitrogen and oxygen atoms in total. The number of ketones is 1. The molecule has 1 aliphatic heterocycles. The number of rotatable bonds is 8. The number of nitriles is 1. The summed E-state index contributed by atoms with van der Waals surface area (Å²) in [5.74, 6) is -0.584. The lowest BCUT2D eigenvalue weighted by Crippen LogP contribution is -2.24. The zero-order valence-electron chi connectivity index (χ0n) is 22.2. The van der Waals surface area contributed by atoms with Gasteiger partial charge in [0.1, 0.15) is 17.4 Å². The number of nitrogens with two attached hydrogens (primary N) is 1. The molecule has 0 spiro atoms. The quantitative estimate of drug-likeness (QED) is 0.322. The minimum absolute atomic E-state index is 0.00933. The van der Waals surface area contributed by atoms with E-state index in [0.29, 0.717) is 16.7 Å². The monoisotopic (exact) mass is 536 g/mol. The number of carbonyl (C=O) groups excluding carboxylic acids is 1. The van der Waals surface area contributed by atoms with Crippen molar-refractivity contribution in [1.29, 1.82) is 5.26 Å². The Morgan fingerprint density at radius 1 is 0.925 bits per heavy atom. The lowest BCUT2D eigenvalue weighted by molar-refractivity contribution is -0.111. The molecule has 1 aliphatic rings. The molecule has 0 radical (unpaired) electrons. The zero-order valence-corrected chi connectivity index (χ0v) is 22.2. The number of benzene rings is 3.